The van der Waals surface area contributed by atoms with Crippen LogP contribution in [0.4, 0.5) is 4.39 Å². The fourth-order valence-electron chi connectivity index (χ4n) is 3.31. The quantitative estimate of drug-likeness (QED) is 0.730. The molecule has 2 N–H and O–H groups in total. The highest BCUT2D eigenvalue weighted by atomic mass is 35.5. The number of hydrogen-bond acceptors (Lipinski definition) is 1. The Morgan fingerprint density at radius 3 is 2.73 bits per heavy atom. The van der Waals surface area contributed by atoms with E-state index in [-0.39, 0.29) is 24.3 Å². The molecule has 1 aliphatic rings. The summed E-state index contributed by atoms with van der Waals surface area (Å²) >= 11 is 0. The molecule has 4 rings (SSSR count). The summed E-state index contributed by atoms with van der Waals surface area (Å²) in [7, 11) is 0. The van der Waals surface area contributed by atoms with Crippen LogP contribution in [-0.2, 0) is 12.8 Å². The zero-order valence-corrected chi connectivity index (χ0v) is 12.9. The summed E-state index contributed by atoms with van der Waals surface area (Å²) in [4.78, 5) is 3.48. The maximum absolute atomic E-state index is 13.5. The van der Waals surface area contributed by atoms with Crippen LogP contribution in [0, 0.1) is 5.82 Å². The van der Waals surface area contributed by atoms with Crippen molar-refractivity contribution in [3.8, 4) is 0 Å². The second-order valence-electron chi connectivity index (χ2n) is 5.65. The highest BCUT2D eigenvalue weighted by molar-refractivity contribution is 5.85. The molecular weight excluding hydrogens is 299 g/mol. The van der Waals surface area contributed by atoms with Gasteiger partial charge >= 0.3 is 0 Å². The van der Waals surface area contributed by atoms with E-state index in [0.717, 1.165) is 30.3 Å². The molecular formula is C18H18ClFN2. The van der Waals surface area contributed by atoms with E-state index in [1.807, 2.05) is 12.1 Å². The Morgan fingerprint density at radius 2 is 1.91 bits per heavy atom. The van der Waals surface area contributed by atoms with Crippen LogP contribution < -0.4 is 5.32 Å². The van der Waals surface area contributed by atoms with Crippen LogP contribution in [0.1, 0.15) is 22.9 Å². The smallest absolute Gasteiger partial charge is 0.123 e. The zero-order chi connectivity index (χ0) is 14.2. The second kappa shape index (κ2) is 6.11. The summed E-state index contributed by atoms with van der Waals surface area (Å²) in [5.41, 5.74) is 4.82. The van der Waals surface area contributed by atoms with Crippen LogP contribution in [0.5, 0.6) is 0 Å². The summed E-state index contributed by atoms with van der Waals surface area (Å²) in [5.74, 6) is -0.164. The molecule has 0 amide bonds. The van der Waals surface area contributed by atoms with E-state index in [9.17, 15) is 4.39 Å². The summed E-state index contributed by atoms with van der Waals surface area (Å²) < 4.78 is 13.5. The Kier molecular flexibility index (Phi) is 4.19. The van der Waals surface area contributed by atoms with Crippen molar-refractivity contribution in [2.75, 3.05) is 6.54 Å². The fraction of sp³-hybridized carbons (Fsp3) is 0.222. The van der Waals surface area contributed by atoms with Crippen molar-refractivity contribution >= 4 is 23.3 Å². The van der Waals surface area contributed by atoms with Gasteiger partial charge in [-0.1, -0.05) is 30.3 Å². The van der Waals surface area contributed by atoms with E-state index < -0.39 is 0 Å². The molecule has 1 aliphatic heterocycles. The number of rotatable bonds is 2. The lowest BCUT2D eigenvalue weighted by Crippen LogP contribution is -2.31. The minimum Gasteiger partial charge on any atom is -0.357 e. The lowest BCUT2D eigenvalue weighted by molar-refractivity contribution is 0.495. The van der Waals surface area contributed by atoms with Crippen molar-refractivity contribution < 1.29 is 4.39 Å². The maximum atomic E-state index is 13.5. The molecule has 1 unspecified atom stereocenters. The Bertz CT molecular complexity index is 782. The van der Waals surface area contributed by atoms with Crippen molar-refractivity contribution in [1.29, 1.82) is 0 Å². The molecule has 3 aromatic rings. The third kappa shape index (κ3) is 2.62. The van der Waals surface area contributed by atoms with Crippen molar-refractivity contribution in [3.05, 3.63) is 71.2 Å². The molecule has 22 heavy (non-hydrogen) atoms. The molecule has 1 aromatic heterocycles. The first-order valence-corrected chi connectivity index (χ1v) is 7.38. The first kappa shape index (κ1) is 15.1. The zero-order valence-electron chi connectivity index (χ0n) is 12.1. The average molecular weight is 317 g/mol. The molecule has 2 heterocycles. The van der Waals surface area contributed by atoms with Gasteiger partial charge in [-0.15, -0.1) is 12.4 Å². The van der Waals surface area contributed by atoms with E-state index in [2.05, 4.69) is 34.6 Å². The number of H-pyrrole nitrogens is 1. The second-order valence-corrected chi connectivity index (χ2v) is 5.65. The summed E-state index contributed by atoms with van der Waals surface area (Å²) in [6, 6.07) is 15.7. The van der Waals surface area contributed by atoms with Crippen LogP contribution in [0.15, 0.2) is 48.5 Å². The number of hydrogen-bond donors (Lipinski definition) is 2. The fourth-order valence-corrected chi connectivity index (χ4v) is 3.31. The Labute approximate surface area is 135 Å². The lowest BCUT2D eigenvalue weighted by atomic mass is 9.95. The molecule has 0 bridgehead atoms. The van der Waals surface area contributed by atoms with Gasteiger partial charge < -0.3 is 10.3 Å². The highest BCUT2D eigenvalue weighted by Crippen LogP contribution is 2.32. The van der Waals surface area contributed by atoms with Gasteiger partial charge in [0, 0.05) is 16.6 Å². The van der Waals surface area contributed by atoms with Gasteiger partial charge in [0.15, 0.2) is 0 Å². The van der Waals surface area contributed by atoms with Gasteiger partial charge in [0.1, 0.15) is 5.82 Å². The predicted molar refractivity (Wildman–Crippen MR) is 90.1 cm³/mol. The summed E-state index contributed by atoms with van der Waals surface area (Å²) in [6.07, 6.45) is 1.90. The van der Waals surface area contributed by atoms with E-state index in [1.54, 1.807) is 6.07 Å². The van der Waals surface area contributed by atoms with Crippen molar-refractivity contribution in [2.24, 2.45) is 0 Å². The van der Waals surface area contributed by atoms with Crippen molar-refractivity contribution in [3.63, 3.8) is 0 Å². The van der Waals surface area contributed by atoms with Crippen LogP contribution in [-0.4, -0.2) is 11.5 Å². The standard InChI is InChI=1S/C18H17FN2.ClH/c19-13-6-7-16-15(11-13)14-8-9-20-17(18(14)21-16)10-12-4-2-1-3-5-12;/h1-7,11,17,20-21H,8-10H2;1H. The largest absolute Gasteiger partial charge is 0.357 e. The molecule has 2 nitrogen and oxygen atoms in total. The lowest BCUT2D eigenvalue weighted by Gasteiger charge is -2.24. The monoisotopic (exact) mass is 316 g/mol. The summed E-state index contributed by atoms with van der Waals surface area (Å²) in [6.45, 7) is 0.938. The van der Waals surface area contributed by atoms with E-state index >= 15 is 0 Å². The topological polar surface area (TPSA) is 27.8 Å². The number of nitrogens with one attached hydrogen (secondary N) is 2. The van der Waals surface area contributed by atoms with E-state index in [1.165, 1.54) is 22.9 Å². The molecule has 0 fully saturated rings. The van der Waals surface area contributed by atoms with Crippen LogP contribution in [0.2, 0.25) is 0 Å². The van der Waals surface area contributed by atoms with Crippen molar-refractivity contribution in [1.82, 2.24) is 10.3 Å². The van der Waals surface area contributed by atoms with Gasteiger partial charge in [0.05, 0.1) is 6.04 Å². The SMILES string of the molecule is Cl.Fc1ccc2[nH]c3c(c2c1)CCNC3Cc1ccccc1. The average Bonchev–Trinajstić information content (AvgIpc) is 2.88. The molecule has 0 saturated carbocycles. The van der Waals surface area contributed by atoms with Crippen LogP contribution in [0.3, 0.4) is 0 Å². The van der Waals surface area contributed by atoms with Crippen molar-refractivity contribution in [2.45, 2.75) is 18.9 Å². The van der Waals surface area contributed by atoms with Gasteiger partial charge in [-0.25, -0.2) is 4.39 Å². The van der Waals surface area contributed by atoms with E-state index in [4.69, 9.17) is 0 Å². The number of benzene rings is 2. The Hall–Kier alpha value is -1.84. The number of aromatic amines is 1. The van der Waals surface area contributed by atoms with Crippen LogP contribution in [0.25, 0.3) is 10.9 Å². The number of fused-ring (bicyclic) bond motifs is 3. The molecule has 1 atom stereocenters. The molecule has 0 radical (unpaired) electrons. The summed E-state index contributed by atoms with van der Waals surface area (Å²) in [5, 5.41) is 4.61. The van der Waals surface area contributed by atoms with Gasteiger partial charge in [-0.2, -0.15) is 0 Å². The van der Waals surface area contributed by atoms with Gasteiger partial charge in [-0.05, 0) is 48.7 Å². The number of halogens is 2. The molecule has 0 saturated heterocycles. The maximum Gasteiger partial charge on any atom is 0.123 e. The molecule has 4 heteroatoms. The molecule has 2 aromatic carbocycles. The highest BCUT2D eigenvalue weighted by Gasteiger charge is 2.24. The van der Waals surface area contributed by atoms with Gasteiger partial charge in [0.25, 0.3) is 0 Å². The van der Waals surface area contributed by atoms with Gasteiger partial charge in [-0.3, -0.25) is 0 Å². The minimum absolute atomic E-state index is 0. The Balaban J connectivity index is 0.00000144. The predicted octanol–water partition coefficient (Wildman–Crippen LogP) is 4.16. The molecule has 114 valence electrons. The normalized spacial score (nSPS) is 17.0. The van der Waals surface area contributed by atoms with Crippen LogP contribution >= 0.6 is 12.4 Å². The molecule has 0 spiro atoms. The van der Waals surface area contributed by atoms with Gasteiger partial charge in [0.2, 0.25) is 0 Å². The molecule has 0 aliphatic carbocycles. The first-order valence-electron chi connectivity index (χ1n) is 7.38. The first-order chi connectivity index (χ1) is 10.3. The number of aromatic nitrogens is 1. The third-order valence-electron chi connectivity index (χ3n) is 4.30. The van der Waals surface area contributed by atoms with E-state index in [0.29, 0.717) is 0 Å². The minimum atomic E-state index is -0.164. The third-order valence-corrected chi connectivity index (χ3v) is 4.30. The Morgan fingerprint density at radius 1 is 1.09 bits per heavy atom.